The summed E-state index contributed by atoms with van der Waals surface area (Å²) < 4.78 is 1.98. The standard InChI is InChI=1S/C17H17ClN4/c1-17(2,14-10-6-7-11-19-14)16-21-20-15(22(16)3)12-8-4-5-9-13(12)18/h4-11H,1-3H3. The van der Waals surface area contributed by atoms with Crippen LogP contribution in [0.4, 0.5) is 0 Å². The number of rotatable bonds is 3. The molecule has 2 aromatic heterocycles. The number of aromatic nitrogens is 4. The molecule has 0 atom stereocenters. The van der Waals surface area contributed by atoms with Crippen LogP contribution >= 0.6 is 11.6 Å². The number of hydrogen-bond acceptors (Lipinski definition) is 3. The van der Waals surface area contributed by atoms with Crippen LogP contribution in [0.5, 0.6) is 0 Å². The lowest BCUT2D eigenvalue weighted by Gasteiger charge is -2.23. The van der Waals surface area contributed by atoms with Crippen LogP contribution in [0.25, 0.3) is 11.4 Å². The van der Waals surface area contributed by atoms with Crippen LogP contribution in [-0.4, -0.2) is 19.7 Å². The first-order chi connectivity index (χ1) is 10.5. The first-order valence-corrected chi connectivity index (χ1v) is 7.46. The molecule has 0 radical (unpaired) electrons. The molecule has 0 saturated heterocycles. The van der Waals surface area contributed by atoms with Gasteiger partial charge in [-0.25, -0.2) is 0 Å². The van der Waals surface area contributed by atoms with Gasteiger partial charge in [0.15, 0.2) is 5.82 Å². The second-order valence-corrected chi connectivity index (χ2v) is 6.13. The van der Waals surface area contributed by atoms with E-state index in [1.165, 1.54) is 0 Å². The van der Waals surface area contributed by atoms with Crippen molar-refractivity contribution in [3.8, 4) is 11.4 Å². The Balaban J connectivity index is 2.10. The van der Waals surface area contributed by atoms with E-state index in [1.54, 1.807) is 6.20 Å². The molecule has 0 aliphatic carbocycles. The molecule has 0 bridgehead atoms. The van der Waals surface area contributed by atoms with Gasteiger partial charge in [-0.1, -0.05) is 29.8 Å². The summed E-state index contributed by atoms with van der Waals surface area (Å²) in [6, 6.07) is 13.5. The molecular weight excluding hydrogens is 296 g/mol. The zero-order valence-corrected chi connectivity index (χ0v) is 13.5. The van der Waals surface area contributed by atoms with Gasteiger partial charge in [-0.3, -0.25) is 4.98 Å². The average Bonchev–Trinajstić information content (AvgIpc) is 2.91. The fourth-order valence-electron chi connectivity index (χ4n) is 2.60. The van der Waals surface area contributed by atoms with Crippen LogP contribution in [-0.2, 0) is 12.5 Å². The van der Waals surface area contributed by atoms with Crippen LogP contribution in [0.1, 0.15) is 25.4 Å². The van der Waals surface area contributed by atoms with Gasteiger partial charge in [0.25, 0.3) is 0 Å². The summed E-state index contributed by atoms with van der Waals surface area (Å²) in [6.07, 6.45) is 1.79. The first kappa shape index (κ1) is 14.7. The molecule has 3 rings (SSSR count). The predicted octanol–water partition coefficient (Wildman–Crippen LogP) is 3.86. The topological polar surface area (TPSA) is 43.6 Å². The van der Waals surface area contributed by atoms with E-state index < -0.39 is 0 Å². The zero-order chi connectivity index (χ0) is 15.7. The second kappa shape index (κ2) is 5.54. The molecular formula is C17H17ClN4. The Bertz CT molecular complexity index is 793. The summed E-state index contributed by atoms with van der Waals surface area (Å²) in [4.78, 5) is 4.46. The molecule has 0 aliphatic heterocycles. The quantitative estimate of drug-likeness (QED) is 0.737. The van der Waals surface area contributed by atoms with Crippen molar-refractivity contribution < 1.29 is 0 Å². The van der Waals surface area contributed by atoms with Crippen LogP contribution in [0, 0.1) is 0 Å². The van der Waals surface area contributed by atoms with Crippen LogP contribution in [0.2, 0.25) is 5.02 Å². The highest BCUT2D eigenvalue weighted by molar-refractivity contribution is 6.33. The van der Waals surface area contributed by atoms with Crippen molar-refractivity contribution >= 4 is 11.6 Å². The van der Waals surface area contributed by atoms with Crippen molar-refractivity contribution in [3.63, 3.8) is 0 Å². The molecule has 5 heteroatoms. The third kappa shape index (κ3) is 2.40. The highest BCUT2D eigenvalue weighted by atomic mass is 35.5. The molecule has 4 nitrogen and oxygen atoms in total. The minimum Gasteiger partial charge on any atom is -0.313 e. The Labute approximate surface area is 134 Å². The van der Waals surface area contributed by atoms with Crippen LogP contribution in [0.3, 0.4) is 0 Å². The highest BCUT2D eigenvalue weighted by Crippen LogP contribution is 2.32. The van der Waals surface area contributed by atoms with Gasteiger partial charge in [-0.15, -0.1) is 10.2 Å². The Morgan fingerprint density at radius 1 is 1.00 bits per heavy atom. The Hall–Kier alpha value is -2.20. The van der Waals surface area contributed by atoms with Gasteiger partial charge in [0, 0.05) is 18.8 Å². The SMILES string of the molecule is Cn1c(-c2ccccc2Cl)nnc1C(C)(C)c1ccccn1. The lowest BCUT2D eigenvalue weighted by atomic mass is 9.87. The number of nitrogens with zero attached hydrogens (tertiary/aromatic N) is 4. The van der Waals surface area contributed by atoms with Crippen LogP contribution in [0.15, 0.2) is 48.7 Å². The number of hydrogen-bond donors (Lipinski definition) is 0. The maximum Gasteiger partial charge on any atom is 0.165 e. The summed E-state index contributed by atoms with van der Waals surface area (Å²) in [7, 11) is 1.96. The summed E-state index contributed by atoms with van der Waals surface area (Å²) >= 11 is 6.28. The Kier molecular flexibility index (Phi) is 3.71. The molecule has 3 aromatic rings. The molecule has 0 N–H and O–H groups in total. The van der Waals surface area contributed by atoms with Gasteiger partial charge in [0.1, 0.15) is 5.82 Å². The fourth-order valence-corrected chi connectivity index (χ4v) is 2.82. The van der Waals surface area contributed by atoms with Gasteiger partial charge >= 0.3 is 0 Å². The molecule has 22 heavy (non-hydrogen) atoms. The van der Waals surface area contributed by atoms with Crippen molar-refractivity contribution in [2.24, 2.45) is 7.05 Å². The lowest BCUT2D eigenvalue weighted by molar-refractivity contribution is 0.545. The zero-order valence-electron chi connectivity index (χ0n) is 12.8. The van der Waals surface area contributed by atoms with E-state index in [1.807, 2.05) is 54.1 Å². The van der Waals surface area contributed by atoms with E-state index in [4.69, 9.17) is 11.6 Å². The minimum absolute atomic E-state index is 0.345. The Morgan fingerprint density at radius 3 is 2.41 bits per heavy atom. The summed E-state index contributed by atoms with van der Waals surface area (Å²) in [5, 5.41) is 9.40. The van der Waals surface area contributed by atoms with Gasteiger partial charge in [0.2, 0.25) is 0 Å². The lowest BCUT2D eigenvalue weighted by Crippen LogP contribution is -2.25. The highest BCUT2D eigenvalue weighted by Gasteiger charge is 2.31. The molecule has 0 spiro atoms. The summed E-state index contributed by atoms with van der Waals surface area (Å²) in [5.74, 6) is 1.60. The van der Waals surface area contributed by atoms with Gasteiger partial charge in [-0.2, -0.15) is 0 Å². The molecule has 0 amide bonds. The van der Waals surface area contributed by atoms with E-state index in [9.17, 15) is 0 Å². The van der Waals surface area contributed by atoms with Crippen LogP contribution < -0.4 is 0 Å². The molecule has 1 aromatic carbocycles. The normalized spacial score (nSPS) is 11.6. The van der Waals surface area contributed by atoms with E-state index in [0.29, 0.717) is 5.02 Å². The van der Waals surface area contributed by atoms with E-state index >= 15 is 0 Å². The first-order valence-electron chi connectivity index (χ1n) is 7.08. The maximum atomic E-state index is 6.28. The van der Waals surface area contributed by atoms with E-state index in [2.05, 4.69) is 29.0 Å². The molecule has 0 saturated carbocycles. The van der Waals surface area contributed by atoms with Gasteiger partial charge in [-0.05, 0) is 38.1 Å². The maximum absolute atomic E-state index is 6.28. The van der Waals surface area contributed by atoms with Crippen molar-refractivity contribution in [2.45, 2.75) is 19.3 Å². The Morgan fingerprint density at radius 2 is 1.73 bits per heavy atom. The predicted molar refractivity (Wildman–Crippen MR) is 87.8 cm³/mol. The number of benzene rings is 1. The van der Waals surface area contributed by atoms with Crippen molar-refractivity contribution in [1.29, 1.82) is 0 Å². The molecule has 0 fully saturated rings. The smallest absolute Gasteiger partial charge is 0.165 e. The molecule has 2 heterocycles. The van der Waals surface area contributed by atoms with Gasteiger partial charge < -0.3 is 4.57 Å². The number of pyridine rings is 1. The third-order valence-corrected chi connectivity index (χ3v) is 4.18. The largest absolute Gasteiger partial charge is 0.313 e. The molecule has 0 unspecified atom stereocenters. The van der Waals surface area contributed by atoms with E-state index in [-0.39, 0.29) is 5.41 Å². The summed E-state index contributed by atoms with van der Waals surface area (Å²) in [5.41, 5.74) is 1.49. The fraction of sp³-hybridized carbons (Fsp3) is 0.235. The van der Waals surface area contributed by atoms with Gasteiger partial charge in [0.05, 0.1) is 16.1 Å². The molecule has 0 aliphatic rings. The average molecular weight is 313 g/mol. The second-order valence-electron chi connectivity index (χ2n) is 5.73. The number of halogens is 1. The molecule has 112 valence electrons. The third-order valence-electron chi connectivity index (χ3n) is 3.85. The monoisotopic (exact) mass is 312 g/mol. The van der Waals surface area contributed by atoms with E-state index in [0.717, 1.165) is 22.9 Å². The van der Waals surface area contributed by atoms with Crippen molar-refractivity contribution in [3.05, 3.63) is 65.2 Å². The minimum atomic E-state index is -0.345. The van der Waals surface area contributed by atoms with Crippen molar-refractivity contribution in [1.82, 2.24) is 19.7 Å². The van der Waals surface area contributed by atoms with Crippen molar-refractivity contribution in [2.75, 3.05) is 0 Å². The summed E-state index contributed by atoms with van der Waals surface area (Å²) in [6.45, 7) is 4.19.